The number of carboxylic acid groups (broad SMARTS) is 1. The molecule has 108 valence electrons. The second kappa shape index (κ2) is 6.19. The predicted octanol–water partition coefficient (Wildman–Crippen LogP) is 2.66. The van der Waals surface area contributed by atoms with Crippen LogP contribution in [0.3, 0.4) is 0 Å². The van der Waals surface area contributed by atoms with E-state index < -0.39 is 11.9 Å². The van der Waals surface area contributed by atoms with Crippen molar-refractivity contribution in [2.75, 3.05) is 10.6 Å². The van der Waals surface area contributed by atoms with E-state index in [9.17, 15) is 14.4 Å². The highest BCUT2D eigenvalue weighted by molar-refractivity contribution is 7.12. The minimum Gasteiger partial charge on any atom is -0.477 e. The third-order valence-corrected chi connectivity index (χ3v) is 3.48. The number of carboxylic acids is 1. The van der Waals surface area contributed by atoms with Gasteiger partial charge in [0.2, 0.25) is 5.91 Å². The van der Waals surface area contributed by atoms with Gasteiger partial charge in [0.15, 0.2) is 0 Å². The lowest BCUT2D eigenvalue weighted by Crippen LogP contribution is -2.13. The van der Waals surface area contributed by atoms with Crippen molar-refractivity contribution in [2.24, 2.45) is 0 Å². The molecule has 6 nitrogen and oxygen atoms in total. The summed E-state index contributed by atoms with van der Waals surface area (Å²) in [6.07, 6.45) is 0. The first-order chi connectivity index (χ1) is 9.97. The molecular formula is C14H12N2O4S. The van der Waals surface area contributed by atoms with Crippen LogP contribution in [0, 0.1) is 0 Å². The summed E-state index contributed by atoms with van der Waals surface area (Å²) in [6.45, 7) is 1.39. The van der Waals surface area contributed by atoms with E-state index in [-0.39, 0.29) is 16.5 Å². The number of hydrogen-bond donors (Lipinski definition) is 3. The maximum absolute atomic E-state index is 12.0. The number of carbonyl (C=O) groups excluding carboxylic acids is 2. The van der Waals surface area contributed by atoms with Gasteiger partial charge in [-0.3, -0.25) is 9.59 Å². The van der Waals surface area contributed by atoms with E-state index in [0.29, 0.717) is 11.3 Å². The fraction of sp³-hybridized carbons (Fsp3) is 0.0714. The number of hydrogen-bond acceptors (Lipinski definition) is 4. The Bertz CT molecular complexity index is 691. The van der Waals surface area contributed by atoms with Gasteiger partial charge in [0.1, 0.15) is 4.88 Å². The molecule has 0 saturated heterocycles. The smallest absolute Gasteiger partial charge is 0.348 e. The number of nitrogens with one attached hydrogen (secondary N) is 2. The molecule has 1 aromatic heterocycles. The largest absolute Gasteiger partial charge is 0.477 e. The van der Waals surface area contributed by atoms with E-state index in [2.05, 4.69) is 10.6 Å². The zero-order valence-corrected chi connectivity index (χ0v) is 11.9. The molecule has 0 atom stereocenters. The van der Waals surface area contributed by atoms with Crippen molar-refractivity contribution in [2.45, 2.75) is 6.92 Å². The standard InChI is InChI=1S/C14H12N2O4S/c1-8(17)15-10-4-2-9(3-5-10)13(18)16-11-6-7-21-12(11)14(19)20/h2-7H,1H3,(H,15,17)(H,16,18)(H,19,20). The summed E-state index contributed by atoms with van der Waals surface area (Å²) in [7, 11) is 0. The lowest BCUT2D eigenvalue weighted by atomic mass is 10.2. The van der Waals surface area contributed by atoms with Crippen molar-refractivity contribution in [1.29, 1.82) is 0 Å². The summed E-state index contributed by atoms with van der Waals surface area (Å²) < 4.78 is 0. The predicted molar refractivity (Wildman–Crippen MR) is 80.0 cm³/mol. The number of thiophene rings is 1. The van der Waals surface area contributed by atoms with Crippen molar-refractivity contribution in [3.8, 4) is 0 Å². The normalized spacial score (nSPS) is 9.95. The monoisotopic (exact) mass is 304 g/mol. The molecule has 0 aliphatic carbocycles. The van der Waals surface area contributed by atoms with Crippen molar-refractivity contribution in [3.05, 3.63) is 46.2 Å². The maximum atomic E-state index is 12.0. The Balaban J connectivity index is 2.11. The molecule has 7 heteroatoms. The van der Waals surface area contributed by atoms with Crippen LogP contribution in [0.2, 0.25) is 0 Å². The zero-order chi connectivity index (χ0) is 15.4. The molecule has 0 fully saturated rings. The highest BCUT2D eigenvalue weighted by Gasteiger charge is 2.14. The van der Waals surface area contributed by atoms with Crippen molar-refractivity contribution < 1.29 is 19.5 Å². The average molecular weight is 304 g/mol. The van der Waals surface area contributed by atoms with Crippen LogP contribution in [0.1, 0.15) is 27.0 Å². The fourth-order valence-electron chi connectivity index (χ4n) is 1.68. The molecule has 0 saturated carbocycles. The van der Waals surface area contributed by atoms with Crippen LogP contribution in [-0.4, -0.2) is 22.9 Å². The Hall–Kier alpha value is -2.67. The Morgan fingerprint density at radius 2 is 1.71 bits per heavy atom. The number of aromatic carboxylic acids is 1. The van der Waals surface area contributed by atoms with Gasteiger partial charge in [-0.1, -0.05) is 0 Å². The molecule has 2 aromatic rings. The molecule has 1 heterocycles. The maximum Gasteiger partial charge on any atom is 0.348 e. The van der Waals surface area contributed by atoms with Gasteiger partial charge >= 0.3 is 5.97 Å². The van der Waals surface area contributed by atoms with Gasteiger partial charge in [0.25, 0.3) is 5.91 Å². The van der Waals surface area contributed by atoms with Crippen LogP contribution < -0.4 is 10.6 Å². The van der Waals surface area contributed by atoms with Gasteiger partial charge < -0.3 is 15.7 Å². The first kappa shape index (κ1) is 14.7. The van der Waals surface area contributed by atoms with Crippen LogP contribution in [-0.2, 0) is 4.79 Å². The van der Waals surface area contributed by atoms with Crippen LogP contribution in [0.5, 0.6) is 0 Å². The van der Waals surface area contributed by atoms with E-state index in [1.165, 1.54) is 13.0 Å². The molecular weight excluding hydrogens is 292 g/mol. The van der Waals surface area contributed by atoms with Gasteiger partial charge in [0, 0.05) is 18.2 Å². The van der Waals surface area contributed by atoms with Crippen molar-refractivity contribution in [3.63, 3.8) is 0 Å². The second-order valence-electron chi connectivity index (χ2n) is 4.18. The third-order valence-electron chi connectivity index (χ3n) is 2.58. The summed E-state index contributed by atoms with van der Waals surface area (Å²) in [5, 5.41) is 15.7. The van der Waals surface area contributed by atoms with Crippen molar-refractivity contribution >= 4 is 40.5 Å². The van der Waals surface area contributed by atoms with E-state index in [1.54, 1.807) is 29.6 Å². The summed E-state index contributed by atoms with van der Waals surface area (Å²) in [5.41, 5.74) is 1.22. The minimum atomic E-state index is -1.08. The molecule has 0 unspecified atom stereocenters. The Labute approximate surface area is 124 Å². The molecule has 3 N–H and O–H groups in total. The van der Waals surface area contributed by atoms with Gasteiger partial charge in [-0.2, -0.15) is 0 Å². The minimum absolute atomic E-state index is 0.0817. The highest BCUT2D eigenvalue weighted by atomic mass is 32.1. The third kappa shape index (κ3) is 3.67. The summed E-state index contributed by atoms with van der Waals surface area (Å²) in [5.74, 6) is -1.69. The lowest BCUT2D eigenvalue weighted by Gasteiger charge is -2.06. The summed E-state index contributed by atoms with van der Waals surface area (Å²) >= 11 is 1.04. The average Bonchev–Trinajstić information content (AvgIpc) is 2.87. The van der Waals surface area contributed by atoms with E-state index in [4.69, 9.17) is 5.11 Å². The van der Waals surface area contributed by atoms with Crippen LogP contribution in [0.15, 0.2) is 35.7 Å². The topological polar surface area (TPSA) is 95.5 Å². The number of carbonyl (C=O) groups is 3. The molecule has 0 bridgehead atoms. The van der Waals surface area contributed by atoms with Crippen LogP contribution >= 0.6 is 11.3 Å². The van der Waals surface area contributed by atoms with Crippen LogP contribution in [0.25, 0.3) is 0 Å². The Morgan fingerprint density at radius 3 is 2.29 bits per heavy atom. The van der Waals surface area contributed by atoms with Gasteiger partial charge in [-0.25, -0.2) is 4.79 Å². The zero-order valence-electron chi connectivity index (χ0n) is 11.0. The Morgan fingerprint density at radius 1 is 1.05 bits per heavy atom. The molecule has 0 radical (unpaired) electrons. The van der Waals surface area contributed by atoms with Crippen molar-refractivity contribution in [1.82, 2.24) is 0 Å². The molecule has 1 aromatic carbocycles. The fourth-order valence-corrected chi connectivity index (χ4v) is 2.36. The number of benzene rings is 1. The SMILES string of the molecule is CC(=O)Nc1ccc(C(=O)Nc2ccsc2C(=O)O)cc1. The molecule has 2 amide bonds. The van der Waals surface area contributed by atoms with Gasteiger partial charge in [0.05, 0.1) is 5.69 Å². The molecule has 0 aliphatic rings. The number of rotatable bonds is 4. The highest BCUT2D eigenvalue weighted by Crippen LogP contribution is 2.23. The molecule has 0 spiro atoms. The van der Waals surface area contributed by atoms with E-state index in [0.717, 1.165) is 11.3 Å². The van der Waals surface area contributed by atoms with Gasteiger partial charge in [-0.05, 0) is 35.7 Å². The first-order valence-corrected chi connectivity index (χ1v) is 6.85. The Kier molecular flexibility index (Phi) is 4.34. The summed E-state index contributed by atoms with van der Waals surface area (Å²) in [6, 6.07) is 7.84. The second-order valence-corrected chi connectivity index (χ2v) is 5.10. The number of amides is 2. The lowest BCUT2D eigenvalue weighted by molar-refractivity contribution is -0.114. The van der Waals surface area contributed by atoms with Gasteiger partial charge in [-0.15, -0.1) is 11.3 Å². The van der Waals surface area contributed by atoms with Crippen LogP contribution in [0.4, 0.5) is 11.4 Å². The van der Waals surface area contributed by atoms with E-state index >= 15 is 0 Å². The number of anilines is 2. The first-order valence-electron chi connectivity index (χ1n) is 5.97. The summed E-state index contributed by atoms with van der Waals surface area (Å²) in [4.78, 5) is 34.0. The quantitative estimate of drug-likeness (QED) is 0.809. The molecule has 0 aliphatic heterocycles. The van der Waals surface area contributed by atoms with E-state index in [1.807, 2.05) is 0 Å². The molecule has 21 heavy (non-hydrogen) atoms. The molecule has 2 rings (SSSR count).